The van der Waals surface area contributed by atoms with E-state index in [1.165, 1.54) is 0 Å². The van der Waals surface area contributed by atoms with Gasteiger partial charge in [-0.05, 0) is 0 Å². The summed E-state index contributed by atoms with van der Waals surface area (Å²) in [6.07, 6.45) is 1.29. The number of ether oxygens (including phenoxy) is 5. The van der Waals surface area contributed by atoms with Crippen molar-refractivity contribution in [3.63, 3.8) is 0 Å². The van der Waals surface area contributed by atoms with Gasteiger partial charge in [0.2, 0.25) is 0 Å². The third-order valence-corrected chi connectivity index (χ3v) is 2.20. The second kappa shape index (κ2) is 16.3. The molecule has 0 radical (unpaired) electrons. The highest BCUT2D eigenvalue weighted by Gasteiger charge is 2.23. The molecule has 1 fully saturated rings. The number of carbonyl (C=O) groups excluding carboxylic acids is 1. The Labute approximate surface area is 130 Å². The topological polar surface area (TPSA) is 107 Å². The molecule has 0 spiro atoms. The summed E-state index contributed by atoms with van der Waals surface area (Å²) in [4.78, 5) is 10.3. The molecule has 0 aromatic rings. The van der Waals surface area contributed by atoms with E-state index in [9.17, 15) is 4.79 Å². The van der Waals surface area contributed by atoms with Crippen LogP contribution in [0.3, 0.4) is 0 Å². The lowest BCUT2D eigenvalue weighted by atomic mass is 10.5. The number of rotatable bonds is 13. The normalized spacial score (nSPS) is 15.6. The summed E-state index contributed by atoms with van der Waals surface area (Å²) in [5.74, 6) is -0.384. The molecule has 0 amide bonds. The smallest absolute Gasteiger partial charge is 0.330 e. The lowest BCUT2D eigenvalue weighted by Crippen LogP contribution is -2.11. The monoisotopic (exact) mass is 322 g/mol. The van der Waals surface area contributed by atoms with Gasteiger partial charge < -0.3 is 33.9 Å². The molecule has 1 aliphatic rings. The minimum Gasteiger partial charge on any atom is -0.460 e. The molecule has 8 nitrogen and oxygen atoms in total. The van der Waals surface area contributed by atoms with Crippen molar-refractivity contribution in [3.05, 3.63) is 12.7 Å². The van der Waals surface area contributed by atoms with Crippen LogP contribution in [0, 0.1) is 0 Å². The highest BCUT2D eigenvalue weighted by atomic mass is 16.6. The first-order valence-corrected chi connectivity index (χ1v) is 7.10. The summed E-state index contributed by atoms with van der Waals surface area (Å²) in [6, 6.07) is 0. The van der Waals surface area contributed by atoms with Crippen LogP contribution in [0.15, 0.2) is 12.7 Å². The number of hydrogen-bond acceptors (Lipinski definition) is 8. The molecule has 1 saturated heterocycles. The molecule has 1 unspecified atom stereocenters. The van der Waals surface area contributed by atoms with E-state index in [2.05, 4.69) is 11.3 Å². The Kier molecular flexibility index (Phi) is 15.6. The maximum atomic E-state index is 10.3. The van der Waals surface area contributed by atoms with Crippen LogP contribution in [0.4, 0.5) is 0 Å². The predicted octanol–water partition coefficient (Wildman–Crippen LogP) is -0.865. The van der Waals surface area contributed by atoms with Crippen molar-refractivity contribution in [2.24, 2.45) is 0 Å². The summed E-state index contributed by atoms with van der Waals surface area (Å²) in [7, 11) is 0. The fourth-order valence-corrected chi connectivity index (χ4v) is 1.07. The first kappa shape index (κ1) is 21.0. The van der Waals surface area contributed by atoms with Crippen LogP contribution in [0.2, 0.25) is 0 Å². The second-order valence-corrected chi connectivity index (χ2v) is 4.07. The van der Waals surface area contributed by atoms with Crippen molar-refractivity contribution in [1.29, 1.82) is 0 Å². The van der Waals surface area contributed by atoms with Crippen LogP contribution in [0.25, 0.3) is 0 Å². The largest absolute Gasteiger partial charge is 0.460 e. The molecule has 1 atom stereocenters. The number of carbonyl (C=O) groups is 1. The third kappa shape index (κ3) is 17.0. The van der Waals surface area contributed by atoms with Crippen molar-refractivity contribution in [2.75, 3.05) is 66.1 Å². The number of aliphatic hydroxyl groups excluding tert-OH is 2. The zero-order valence-electron chi connectivity index (χ0n) is 12.8. The van der Waals surface area contributed by atoms with Crippen molar-refractivity contribution in [1.82, 2.24) is 0 Å². The van der Waals surface area contributed by atoms with Crippen LogP contribution >= 0.6 is 0 Å². The van der Waals surface area contributed by atoms with Crippen LogP contribution in [-0.2, 0) is 28.5 Å². The molecular weight excluding hydrogens is 296 g/mol. The number of epoxide rings is 1. The standard InChI is InChI=1S/C8H18O5.C6H8O3/c9-1-3-11-5-7-13-8-6-12-4-2-10;1-2-6(7)9-4-5-3-8-5/h9-10H,1-8H2;2,5H,1,3-4H2. The average Bonchev–Trinajstić information content (AvgIpc) is 3.36. The van der Waals surface area contributed by atoms with Crippen molar-refractivity contribution in [3.8, 4) is 0 Å². The Hall–Kier alpha value is -1.03. The minimum atomic E-state index is -0.384. The van der Waals surface area contributed by atoms with Crippen LogP contribution < -0.4 is 0 Å². The zero-order chi connectivity index (χ0) is 16.5. The van der Waals surface area contributed by atoms with Crippen molar-refractivity contribution < 1.29 is 38.7 Å². The molecule has 2 N–H and O–H groups in total. The molecule has 1 rings (SSSR count). The highest BCUT2D eigenvalue weighted by molar-refractivity contribution is 5.81. The summed E-state index contributed by atoms with van der Waals surface area (Å²) in [5, 5.41) is 16.7. The van der Waals surface area contributed by atoms with E-state index in [0.29, 0.717) is 52.9 Å². The van der Waals surface area contributed by atoms with Gasteiger partial charge in [-0.15, -0.1) is 0 Å². The van der Waals surface area contributed by atoms with Gasteiger partial charge in [0, 0.05) is 6.08 Å². The molecule has 0 aromatic carbocycles. The van der Waals surface area contributed by atoms with Gasteiger partial charge in [0.1, 0.15) is 12.7 Å². The average molecular weight is 322 g/mol. The van der Waals surface area contributed by atoms with E-state index in [0.717, 1.165) is 6.08 Å². The number of aliphatic hydroxyl groups is 2. The molecule has 0 saturated carbocycles. The fraction of sp³-hybridized carbons (Fsp3) is 0.786. The Morgan fingerprint density at radius 3 is 1.86 bits per heavy atom. The van der Waals surface area contributed by atoms with Gasteiger partial charge in [-0.25, -0.2) is 4.79 Å². The molecule has 0 bridgehead atoms. The molecule has 22 heavy (non-hydrogen) atoms. The summed E-state index contributed by atoms with van der Waals surface area (Å²) < 4.78 is 24.4. The zero-order valence-corrected chi connectivity index (χ0v) is 12.8. The van der Waals surface area contributed by atoms with Gasteiger partial charge in [-0.1, -0.05) is 6.58 Å². The quantitative estimate of drug-likeness (QED) is 0.195. The van der Waals surface area contributed by atoms with E-state index < -0.39 is 0 Å². The molecule has 0 aliphatic carbocycles. The number of hydrogen-bond donors (Lipinski definition) is 2. The van der Waals surface area contributed by atoms with Gasteiger partial charge in [0.15, 0.2) is 0 Å². The Morgan fingerprint density at radius 2 is 1.50 bits per heavy atom. The maximum Gasteiger partial charge on any atom is 0.330 e. The molecule has 130 valence electrons. The van der Waals surface area contributed by atoms with E-state index in [4.69, 9.17) is 29.2 Å². The van der Waals surface area contributed by atoms with Crippen molar-refractivity contribution >= 4 is 5.97 Å². The third-order valence-electron chi connectivity index (χ3n) is 2.20. The molecule has 1 aliphatic heterocycles. The Morgan fingerprint density at radius 1 is 1.05 bits per heavy atom. The lowest BCUT2D eigenvalue weighted by molar-refractivity contribution is -0.138. The van der Waals surface area contributed by atoms with E-state index in [1.807, 2.05) is 0 Å². The van der Waals surface area contributed by atoms with Crippen molar-refractivity contribution in [2.45, 2.75) is 6.10 Å². The van der Waals surface area contributed by atoms with E-state index in [-0.39, 0.29) is 25.3 Å². The van der Waals surface area contributed by atoms with E-state index >= 15 is 0 Å². The van der Waals surface area contributed by atoms with Crippen LogP contribution in [0.1, 0.15) is 0 Å². The first-order chi connectivity index (χ1) is 10.7. The fourth-order valence-electron chi connectivity index (χ4n) is 1.07. The SMILES string of the molecule is C=CC(=O)OCC1CO1.OCCOCCOCCOCCO. The lowest BCUT2D eigenvalue weighted by Gasteiger charge is -2.04. The van der Waals surface area contributed by atoms with Gasteiger partial charge in [-0.3, -0.25) is 0 Å². The molecule has 0 aromatic heterocycles. The summed E-state index contributed by atoms with van der Waals surface area (Å²) in [6.45, 7) is 7.09. The van der Waals surface area contributed by atoms with Gasteiger partial charge in [0.25, 0.3) is 0 Å². The van der Waals surface area contributed by atoms with Crippen LogP contribution in [-0.4, -0.2) is 88.4 Å². The molecule has 1 heterocycles. The van der Waals surface area contributed by atoms with Crippen LogP contribution in [0.5, 0.6) is 0 Å². The summed E-state index contributed by atoms with van der Waals surface area (Å²) in [5.41, 5.74) is 0. The minimum absolute atomic E-state index is 0.0413. The molecular formula is C14H26O8. The Bertz CT molecular complexity index is 258. The Balaban J connectivity index is 0.000000425. The highest BCUT2D eigenvalue weighted by Crippen LogP contribution is 2.08. The van der Waals surface area contributed by atoms with Gasteiger partial charge in [0.05, 0.1) is 59.5 Å². The molecule has 8 heteroatoms. The van der Waals surface area contributed by atoms with Gasteiger partial charge >= 0.3 is 5.97 Å². The predicted molar refractivity (Wildman–Crippen MR) is 77.5 cm³/mol. The maximum absolute atomic E-state index is 10.3. The van der Waals surface area contributed by atoms with Gasteiger partial charge in [-0.2, -0.15) is 0 Å². The summed E-state index contributed by atoms with van der Waals surface area (Å²) >= 11 is 0. The van der Waals surface area contributed by atoms with E-state index in [1.54, 1.807) is 0 Å². The number of esters is 1. The second-order valence-electron chi connectivity index (χ2n) is 4.07. The first-order valence-electron chi connectivity index (χ1n) is 7.10.